The van der Waals surface area contributed by atoms with E-state index in [1.165, 1.54) is 15.9 Å². The maximum atomic E-state index is 15.8. The molecular formula is C21H20ClF2N3O3S. The molecule has 6 nitrogen and oxygen atoms in total. The lowest BCUT2D eigenvalue weighted by molar-refractivity contribution is 0.0695. The van der Waals surface area contributed by atoms with E-state index in [1.807, 2.05) is 0 Å². The number of thiophene rings is 1. The number of anilines is 1. The summed E-state index contributed by atoms with van der Waals surface area (Å²) in [5.41, 5.74) is 10.6. The highest BCUT2D eigenvalue weighted by Gasteiger charge is 2.33. The van der Waals surface area contributed by atoms with Crippen molar-refractivity contribution < 1.29 is 18.7 Å². The number of aromatic nitrogens is 1. The van der Waals surface area contributed by atoms with Crippen molar-refractivity contribution in [2.24, 2.45) is 5.73 Å². The lowest BCUT2D eigenvalue weighted by Gasteiger charge is -2.17. The topological polar surface area (TPSA) is 111 Å². The third-order valence-electron chi connectivity index (χ3n) is 5.94. The van der Waals surface area contributed by atoms with Crippen molar-refractivity contribution in [1.82, 2.24) is 4.57 Å². The molecule has 2 heterocycles. The molecule has 31 heavy (non-hydrogen) atoms. The lowest BCUT2D eigenvalue weighted by Crippen LogP contribution is -2.21. The number of carbonyl (C=O) groups is 1. The highest BCUT2D eigenvalue weighted by molar-refractivity contribution is 7.15. The second-order valence-corrected chi connectivity index (χ2v) is 9.04. The van der Waals surface area contributed by atoms with E-state index in [0.717, 1.165) is 35.9 Å². The zero-order valence-corrected chi connectivity index (χ0v) is 17.9. The van der Waals surface area contributed by atoms with Gasteiger partial charge in [0.05, 0.1) is 22.2 Å². The molecule has 10 heteroatoms. The first kappa shape index (κ1) is 21.7. The summed E-state index contributed by atoms with van der Waals surface area (Å²) in [7, 11) is 0. The van der Waals surface area contributed by atoms with Crippen LogP contribution in [0.3, 0.4) is 0 Å². The first-order valence-corrected chi connectivity index (χ1v) is 10.6. The van der Waals surface area contributed by atoms with Crippen molar-refractivity contribution in [3.8, 4) is 10.4 Å². The van der Waals surface area contributed by atoms with Gasteiger partial charge in [0.2, 0.25) is 5.43 Å². The first-order chi connectivity index (χ1) is 14.3. The van der Waals surface area contributed by atoms with Crippen molar-refractivity contribution in [1.29, 1.82) is 0 Å². The highest BCUT2D eigenvalue weighted by atomic mass is 35.5. The Kier molecular flexibility index (Phi) is 5.31. The maximum absolute atomic E-state index is 15.8. The second-order valence-electron chi connectivity index (χ2n) is 7.95. The molecule has 2 aliphatic carbocycles. The Bertz CT molecular complexity index is 1300. The first-order valence-electron chi connectivity index (χ1n) is 9.76. The van der Waals surface area contributed by atoms with Gasteiger partial charge in [-0.1, -0.05) is 0 Å². The number of pyridine rings is 1. The molecule has 0 amide bonds. The fraction of sp³-hybridized carbons (Fsp3) is 0.333. The molecule has 5 N–H and O–H groups in total. The lowest BCUT2D eigenvalue weighted by atomic mass is 9.95. The van der Waals surface area contributed by atoms with Crippen molar-refractivity contribution >= 4 is 46.3 Å². The molecule has 3 aromatic rings. The van der Waals surface area contributed by atoms with Crippen LogP contribution in [0.1, 0.15) is 58.6 Å². The molecule has 5 rings (SSSR count). The molecule has 0 saturated heterocycles. The van der Waals surface area contributed by atoms with E-state index in [1.54, 1.807) is 6.07 Å². The highest BCUT2D eigenvalue weighted by Crippen LogP contribution is 2.45. The summed E-state index contributed by atoms with van der Waals surface area (Å²) in [6.45, 7) is 0. The molecule has 0 aliphatic heterocycles. The maximum Gasteiger partial charge on any atom is 0.341 e. The van der Waals surface area contributed by atoms with Crippen LogP contribution in [0.2, 0.25) is 0 Å². The molecule has 0 spiro atoms. The molecule has 1 saturated carbocycles. The number of nitrogens with zero attached hydrogens (tertiary/aromatic N) is 1. The SMILES string of the molecule is Cl.Nc1c(F)c(-c2cc3c(s2)C(N)CCC3)c(F)c2c1c(=O)c(C(=O)O)cn2C1CC1. The normalized spacial score (nSPS) is 18.0. The van der Waals surface area contributed by atoms with Crippen molar-refractivity contribution in [3.63, 3.8) is 0 Å². The van der Waals surface area contributed by atoms with E-state index in [-0.39, 0.29) is 35.6 Å². The van der Waals surface area contributed by atoms with Crippen LogP contribution in [0.15, 0.2) is 17.1 Å². The predicted octanol–water partition coefficient (Wildman–Crippen LogP) is 4.38. The zero-order valence-electron chi connectivity index (χ0n) is 16.3. The van der Waals surface area contributed by atoms with Gasteiger partial charge in [-0.25, -0.2) is 13.6 Å². The average molecular weight is 468 g/mol. The number of aryl methyl sites for hydroxylation is 1. The van der Waals surface area contributed by atoms with Gasteiger partial charge in [0.25, 0.3) is 0 Å². The Labute approximate surface area is 185 Å². The van der Waals surface area contributed by atoms with Gasteiger partial charge in [-0.2, -0.15) is 0 Å². The Morgan fingerprint density at radius 3 is 2.55 bits per heavy atom. The quantitative estimate of drug-likeness (QED) is 0.495. The molecule has 1 atom stereocenters. The summed E-state index contributed by atoms with van der Waals surface area (Å²) >= 11 is 1.24. The molecule has 1 aromatic carbocycles. The molecule has 2 aromatic heterocycles. The second kappa shape index (κ2) is 7.58. The van der Waals surface area contributed by atoms with Crippen LogP contribution in [0.5, 0.6) is 0 Å². The fourth-order valence-electron chi connectivity index (χ4n) is 4.29. The molecule has 1 fully saturated rings. The van der Waals surface area contributed by atoms with E-state index in [9.17, 15) is 14.7 Å². The van der Waals surface area contributed by atoms with Gasteiger partial charge in [0.1, 0.15) is 5.56 Å². The summed E-state index contributed by atoms with van der Waals surface area (Å²) in [5.74, 6) is -3.40. The van der Waals surface area contributed by atoms with Crippen LogP contribution in [0.25, 0.3) is 21.3 Å². The third-order valence-corrected chi connectivity index (χ3v) is 7.27. The Hall–Kier alpha value is -2.49. The van der Waals surface area contributed by atoms with Crippen LogP contribution in [-0.2, 0) is 6.42 Å². The van der Waals surface area contributed by atoms with Gasteiger partial charge in [0, 0.05) is 28.0 Å². The average Bonchev–Trinajstić information content (AvgIpc) is 3.45. The van der Waals surface area contributed by atoms with Crippen LogP contribution < -0.4 is 16.9 Å². The van der Waals surface area contributed by atoms with Gasteiger partial charge in [0.15, 0.2) is 11.6 Å². The summed E-state index contributed by atoms with van der Waals surface area (Å²) in [6.07, 6.45) is 5.09. The summed E-state index contributed by atoms with van der Waals surface area (Å²) in [6, 6.07) is 1.43. The number of aromatic carboxylic acids is 1. The molecule has 2 aliphatic rings. The minimum Gasteiger partial charge on any atom is -0.477 e. The van der Waals surface area contributed by atoms with Crippen LogP contribution >= 0.6 is 23.7 Å². The van der Waals surface area contributed by atoms with Crippen LogP contribution in [0, 0.1) is 11.6 Å². The minimum absolute atomic E-state index is 0. The Morgan fingerprint density at radius 2 is 1.94 bits per heavy atom. The van der Waals surface area contributed by atoms with Crippen molar-refractivity contribution in [2.75, 3.05) is 5.73 Å². The number of hydrogen-bond donors (Lipinski definition) is 3. The van der Waals surface area contributed by atoms with Gasteiger partial charge in [-0.3, -0.25) is 4.79 Å². The predicted molar refractivity (Wildman–Crippen MR) is 118 cm³/mol. The zero-order chi connectivity index (χ0) is 21.3. The molecule has 164 valence electrons. The Morgan fingerprint density at radius 1 is 1.23 bits per heavy atom. The number of halogens is 3. The third kappa shape index (κ3) is 3.22. The number of hydrogen-bond acceptors (Lipinski definition) is 5. The molecule has 1 unspecified atom stereocenters. The molecule has 0 bridgehead atoms. The Balaban J connectivity index is 0.00000231. The number of rotatable bonds is 3. The van der Waals surface area contributed by atoms with Gasteiger partial charge < -0.3 is 21.1 Å². The molecular weight excluding hydrogens is 448 g/mol. The fourth-order valence-corrected chi connectivity index (χ4v) is 5.57. The molecule has 0 radical (unpaired) electrons. The van der Waals surface area contributed by atoms with E-state index in [4.69, 9.17) is 11.5 Å². The number of carboxylic acid groups (broad SMARTS) is 1. The number of nitrogens with two attached hydrogens (primary N) is 2. The van der Waals surface area contributed by atoms with E-state index in [0.29, 0.717) is 17.7 Å². The summed E-state index contributed by atoms with van der Waals surface area (Å²) in [4.78, 5) is 25.5. The number of nitrogen functional groups attached to an aromatic ring is 1. The van der Waals surface area contributed by atoms with E-state index < -0.39 is 39.7 Å². The van der Waals surface area contributed by atoms with Crippen LogP contribution in [0.4, 0.5) is 14.5 Å². The van der Waals surface area contributed by atoms with Crippen LogP contribution in [-0.4, -0.2) is 15.6 Å². The largest absolute Gasteiger partial charge is 0.477 e. The number of carboxylic acids is 1. The number of benzene rings is 1. The van der Waals surface area contributed by atoms with E-state index >= 15 is 8.78 Å². The summed E-state index contributed by atoms with van der Waals surface area (Å²) in [5, 5.41) is 8.96. The monoisotopic (exact) mass is 467 g/mol. The van der Waals surface area contributed by atoms with Crippen molar-refractivity contribution in [3.05, 3.63) is 50.1 Å². The number of fused-ring (bicyclic) bond motifs is 2. The standard InChI is InChI=1S/C21H19F2N3O3S.ClH/c22-15-13(12-6-8-2-1-3-11(24)20(8)30-12)16(23)18-14(17(15)25)19(27)10(21(28)29)7-26(18)9-4-5-9;/h6-7,9,11H,1-5,24-25H2,(H,28,29);1H. The minimum atomic E-state index is -1.46. The van der Waals surface area contributed by atoms with Crippen molar-refractivity contribution in [2.45, 2.75) is 44.2 Å². The van der Waals surface area contributed by atoms with Gasteiger partial charge in [-0.15, -0.1) is 23.7 Å². The smallest absolute Gasteiger partial charge is 0.341 e. The van der Waals surface area contributed by atoms with Gasteiger partial charge in [-0.05, 0) is 43.7 Å². The van der Waals surface area contributed by atoms with E-state index in [2.05, 4.69) is 0 Å². The summed E-state index contributed by atoms with van der Waals surface area (Å²) < 4.78 is 32.5. The van der Waals surface area contributed by atoms with Gasteiger partial charge >= 0.3 is 5.97 Å².